The highest BCUT2D eigenvalue weighted by Gasteiger charge is 2.39. The first-order valence-electron chi connectivity index (χ1n) is 6.07. The Kier molecular flexibility index (Phi) is 5.50. The van der Waals surface area contributed by atoms with E-state index in [2.05, 4.69) is 0 Å². The lowest BCUT2D eigenvalue weighted by atomic mass is 10.1. The predicted molar refractivity (Wildman–Crippen MR) is 67.5 cm³/mol. The molecule has 0 radical (unpaired) electrons. The summed E-state index contributed by atoms with van der Waals surface area (Å²) in [5, 5.41) is 9.38. The van der Waals surface area contributed by atoms with Crippen molar-refractivity contribution in [2.24, 2.45) is 0 Å². The van der Waals surface area contributed by atoms with Crippen molar-refractivity contribution in [2.75, 3.05) is 6.54 Å². The van der Waals surface area contributed by atoms with Crippen LogP contribution >= 0.6 is 0 Å². The minimum Gasteiger partial charge on any atom is -0.463 e. The number of hydrogen-bond acceptors (Lipinski definition) is 4. The number of ketones is 2. The van der Waals surface area contributed by atoms with Crippen molar-refractivity contribution >= 4 is 17.7 Å². The second-order valence-corrected chi connectivity index (χ2v) is 4.11. The minimum atomic E-state index is -5.05. The summed E-state index contributed by atoms with van der Waals surface area (Å²) in [6.45, 7) is 1.59. The van der Waals surface area contributed by atoms with Crippen molar-refractivity contribution in [2.45, 2.75) is 19.5 Å². The van der Waals surface area contributed by atoms with Crippen LogP contribution in [0.5, 0.6) is 5.75 Å². The number of Topliss-reactive ketones (excluding diaryl/α,β-unsaturated/α-hetero) is 2. The van der Waals surface area contributed by atoms with Gasteiger partial charge in [-0.05, 0) is 31.2 Å². The number of hydrogen-bond donors (Lipinski definition) is 1. The number of benzene rings is 1. The number of carbonyl (C=O) groups is 3. The summed E-state index contributed by atoms with van der Waals surface area (Å²) in [5.74, 6) is -3.02. The Morgan fingerprint density at radius 2 is 1.73 bits per heavy atom. The van der Waals surface area contributed by atoms with Gasteiger partial charge in [-0.1, -0.05) is 0 Å². The maximum atomic E-state index is 12.1. The number of carbonyl (C=O) groups excluding carboxylic acids is 2. The fourth-order valence-corrected chi connectivity index (χ4v) is 1.42. The summed E-state index contributed by atoms with van der Waals surface area (Å²) < 4.78 is 36.2. The molecule has 0 unspecified atom stereocenters. The average Bonchev–Trinajstić information content (AvgIpc) is 2.43. The van der Waals surface area contributed by atoms with Crippen LogP contribution in [0.3, 0.4) is 0 Å². The summed E-state index contributed by atoms with van der Waals surface area (Å²) in [4.78, 5) is 38.0. The molecule has 0 aliphatic rings. The maximum absolute atomic E-state index is 12.1. The first-order chi connectivity index (χ1) is 10.1. The summed E-state index contributed by atoms with van der Waals surface area (Å²) in [6.07, 6.45) is -7.65. The molecule has 1 aromatic rings. The second kappa shape index (κ2) is 6.92. The minimum absolute atomic E-state index is 0.0517. The van der Waals surface area contributed by atoms with Crippen LogP contribution in [0.15, 0.2) is 24.3 Å². The molecule has 0 spiro atoms. The lowest BCUT2D eigenvalue weighted by Crippen LogP contribution is -2.32. The number of halogens is 3. The molecule has 0 aliphatic carbocycles. The van der Waals surface area contributed by atoms with Gasteiger partial charge in [-0.15, -0.1) is 5.06 Å². The van der Waals surface area contributed by atoms with Gasteiger partial charge < -0.3 is 9.94 Å². The number of rotatable bonds is 6. The molecule has 0 fully saturated rings. The van der Waals surface area contributed by atoms with Crippen LogP contribution in [-0.2, 0) is 4.79 Å². The van der Waals surface area contributed by atoms with E-state index in [1.54, 1.807) is 0 Å². The van der Waals surface area contributed by atoms with Gasteiger partial charge in [-0.25, -0.2) is 4.79 Å². The van der Waals surface area contributed by atoms with Crippen LogP contribution in [0.1, 0.15) is 23.7 Å². The Morgan fingerprint density at radius 1 is 1.18 bits per heavy atom. The van der Waals surface area contributed by atoms with Gasteiger partial charge in [0.05, 0.1) is 13.0 Å². The quantitative estimate of drug-likeness (QED) is 0.495. The Bertz CT molecular complexity index is 568. The lowest BCUT2D eigenvalue weighted by Gasteiger charge is -2.17. The molecule has 6 nitrogen and oxygen atoms in total. The molecule has 0 heterocycles. The zero-order valence-corrected chi connectivity index (χ0v) is 11.4. The van der Waals surface area contributed by atoms with Crippen LogP contribution in [0.4, 0.5) is 18.0 Å². The predicted octanol–water partition coefficient (Wildman–Crippen LogP) is 2.68. The fourth-order valence-electron chi connectivity index (χ4n) is 1.42. The molecule has 0 aromatic heterocycles. The monoisotopic (exact) mass is 319 g/mol. The molecule has 0 bridgehead atoms. The van der Waals surface area contributed by atoms with Crippen molar-refractivity contribution in [3.05, 3.63) is 29.8 Å². The number of carboxylic acid groups (broad SMARTS) is 1. The Labute approximate surface area is 123 Å². The second-order valence-electron chi connectivity index (χ2n) is 4.11. The standard InChI is InChI=1S/C13H12F3NO5/c1-2-17(12(20)21)22-9-5-3-8(4-6-9)10(18)7-11(19)13(14,15)16/h3-6H,2,7H2,1H3,(H,20,21). The summed E-state index contributed by atoms with van der Waals surface area (Å²) in [5.41, 5.74) is -0.108. The van der Waals surface area contributed by atoms with E-state index < -0.39 is 30.3 Å². The van der Waals surface area contributed by atoms with E-state index in [4.69, 9.17) is 9.94 Å². The van der Waals surface area contributed by atoms with Crippen molar-refractivity contribution in [1.82, 2.24) is 5.06 Å². The number of alkyl halides is 3. The first kappa shape index (κ1) is 17.5. The van der Waals surface area contributed by atoms with E-state index in [1.165, 1.54) is 19.1 Å². The Morgan fingerprint density at radius 3 is 2.14 bits per heavy atom. The highest BCUT2D eigenvalue weighted by molar-refractivity contribution is 6.09. The topological polar surface area (TPSA) is 83.9 Å². The Balaban J connectivity index is 2.74. The number of hydroxylamine groups is 2. The zero-order chi connectivity index (χ0) is 16.9. The zero-order valence-electron chi connectivity index (χ0n) is 11.4. The molecule has 9 heteroatoms. The molecule has 1 amide bonds. The SMILES string of the molecule is CCN(Oc1ccc(C(=O)CC(=O)C(F)(F)F)cc1)C(=O)O. The molecule has 1 aromatic carbocycles. The normalized spacial score (nSPS) is 10.9. The van der Waals surface area contributed by atoms with Gasteiger partial charge in [-0.2, -0.15) is 13.2 Å². The lowest BCUT2D eigenvalue weighted by molar-refractivity contribution is -0.170. The van der Waals surface area contributed by atoms with Crippen molar-refractivity contribution in [3.63, 3.8) is 0 Å². The summed E-state index contributed by atoms with van der Waals surface area (Å²) in [6, 6.07) is 4.74. The van der Waals surface area contributed by atoms with Gasteiger partial charge in [0.25, 0.3) is 0 Å². The number of amides is 1. The highest BCUT2D eigenvalue weighted by Crippen LogP contribution is 2.20. The van der Waals surface area contributed by atoms with Crippen LogP contribution in [-0.4, -0.2) is 40.6 Å². The van der Waals surface area contributed by atoms with Crippen LogP contribution in [0.25, 0.3) is 0 Å². The molecule has 0 saturated carbocycles. The smallest absolute Gasteiger partial charge is 0.450 e. The van der Waals surface area contributed by atoms with E-state index in [0.29, 0.717) is 5.06 Å². The molecular formula is C13H12F3NO5. The van der Waals surface area contributed by atoms with Crippen molar-refractivity contribution in [1.29, 1.82) is 0 Å². The third-order valence-electron chi connectivity index (χ3n) is 2.53. The van der Waals surface area contributed by atoms with E-state index >= 15 is 0 Å². The van der Waals surface area contributed by atoms with Gasteiger partial charge in [0, 0.05) is 5.56 Å². The van der Waals surface area contributed by atoms with Gasteiger partial charge >= 0.3 is 12.3 Å². The van der Waals surface area contributed by atoms with E-state index in [-0.39, 0.29) is 17.9 Å². The molecule has 0 saturated heterocycles. The van der Waals surface area contributed by atoms with Gasteiger partial charge in [0.2, 0.25) is 5.78 Å². The third kappa shape index (κ3) is 4.76. The maximum Gasteiger partial charge on any atom is 0.450 e. The fraction of sp³-hybridized carbons (Fsp3) is 0.308. The van der Waals surface area contributed by atoms with E-state index in [9.17, 15) is 27.6 Å². The molecule has 0 aliphatic heterocycles. The van der Waals surface area contributed by atoms with Crippen molar-refractivity contribution < 1.29 is 37.5 Å². The third-order valence-corrected chi connectivity index (χ3v) is 2.53. The summed E-state index contributed by atoms with van der Waals surface area (Å²) >= 11 is 0. The molecule has 1 rings (SSSR count). The largest absolute Gasteiger partial charge is 0.463 e. The van der Waals surface area contributed by atoms with Crippen LogP contribution in [0, 0.1) is 0 Å². The molecule has 120 valence electrons. The molecule has 1 N–H and O–H groups in total. The first-order valence-corrected chi connectivity index (χ1v) is 6.07. The van der Waals surface area contributed by atoms with E-state index in [0.717, 1.165) is 12.1 Å². The molecular weight excluding hydrogens is 307 g/mol. The van der Waals surface area contributed by atoms with Crippen LogP contribution in [0.2, 0.25) is 0 Å². The Hall–Kier alpha value is -2.58. The molecule has 22 heavy (non-hydrogen) atoms. The van der Waals surface area contributed by atoms with Crippen molar-refractivity contribution in [3.8, 4) is 5.75 Å². The van der Waals surface area contributed by atoms with Gasteiger partial charge in [0.1, 0.15) is 0 Å². The molecule has 0 atom stereocenters. The highest BCUT2D eigenvalue weighted by atomic mass is 19.4. The van der Waals surface area contributed by atoms with Crippen LogP contribution < -0.4 is 4.84 Å². The number of nitrogens with zero attached hydrogens (tertiary/aromatic N) is 1. The van der Waals surface area contributed by atoms with E-state index in [1.807, 2.05) is 0 Å². The summed E-state index contributed by atoms with van der Waals surface area (Å²) in [7, 11) is 0. The average molecular weight is 319 g/mol. The van der Waals surface area contributed by atoms with Gasteiger partial charge in [-0.3, -0.25) is 9.59 Å². The van der Waals surface area contributed by atoms with Gasteiger partial charge in [0.15, 0.2) is 11.5 Å².